The van der Waals surface area contributed by atoms with Crippen LogP contribution in [0, 0.1) is 0 Å². The molecule has 0 spiro atoms. The molecule has 3 heterocycles. The van der Waals surface area contributed by atoms with Crippen molar-refractivity contribution >= 4 is 29.1 Å². The van der Waals surface area contributed by atoms with E-state index >= 15 is 0 Å². The number of amides is 2. The van der Waals surface area contributed by atoms with E-state index in [0.717, 1.165) is 56.8 Å². The van der Waals surface area contributed by atoms with Crippen molar-refractivity contribution in [3.63, 3.8) is 0 Å². The fourth-order valence-electron chi connectivity index (χ4n) is 6.18. The third-order valence-electron chi connectivity index (χ3n) is 8.81. The van der Waals surface area contributed by atoms with Crippen molar-refractivity contribution in [1.82, 2.24) is 20.2 Å². The lowest BCUT2D eigenvalue weighted by molar-refractivity contribution is 0.0923. The molecule has 2 aromatic carbocycles. The number of aromatic nitrogens is 2. The minimum absolute atomic E-state index is 0.0275. The zero-order valence-corrected chi connectivity index (χ0v) is 25.0. The van der Waals surface area contributed by atoms with Crippen LogP contribution in [-0.2, 0) is 0 Å². The summed E-state index contributed by atoms with van der Waals surface area (Å²) in [5.74, 6) is 1.65. The second-order valence-electron chi connectivity index (χ2n) is 12.1. The Morgan fingerprint density at radius 3 is 2.42 bits per heavy atom. The van der Waals surface area contributed by atoms with Crippen molar-refractivity contribution in [2.24, 2.45) is 5.73 Å². The minimum Gasteiger partial charge on any atom is -0.489 e. The summed E-state index contributed by atoms with van der Waals surface area (Å²) in [6, 6.07) is 15.5. The summed E-state index contributed by atoms with van der Waals surface area (Å²) in [4.78, 5) is 38.9. The van der Waals surface area contributed by atoms with E-state index in [1.165, 1.54) is 18.4 Å². The summed E-state index contributed by atoms with van der Waals surface area (Å²) in [5, 5.41) is 6.47. The van der Waals surface area contributed by atoms with Gasteiger partial charge in [-0.25, -0.2) is 9.97 Å². The molecule has 0 bridgehead atoms. The summed E-state index contributed by atoms with van der Waals surface area (Å²) >= 11 is 0. The molecule has 10 heteroatoms. The molecule has 2 amide bonds. The second-order valence-corrected chi connectivity index (χ2v) is 12.1. The van der Waals surface area contributed by atoms with E-state index in [1.54, 1.807) is 6.20 Å². The molecule has 1 unspecified atom stereocenters. The van der Waals surface area contributed by atoms with E-state index < -0.39 is 5.91 Å². The first kappa shape index (κ1) is 28.9. The number of nitrogens with two attached hydrogens (primary N) is 1. The number of nitrogens with one attached hydrogen (secondary N) is 2. The first-order valence-corrected chi connectivity index (χ1v) is 15.4. The van der Waals surface area contributed by atoms with Crippen molar-refractivity contribution in [2.45, 2.75) is 69.6 Å². The van der Waals surface area contributed by atoms with Crippen LogP contribution in [0.3, 0.4) is 0 Å². The van der Waals surface area contributed by atoms with Gasteiger partial charge in [-0.15, -0.1) is 0 Å². The molecule has 1 aromatic heterocycles. The fourth-order valence-corrected chi connectivity index (χ4v) is 6.18. The molecule has 226 valence electrons. The van der Waals surface area contributed by atoms with Crippen molar-refractivity contribution in [3.8, 4) is 5.75 Å². The molecule has 3 aliphatic rings. The predicted molar refractivity (Wildman–Crippen MR) is 167 cm³/mol. The summed E-state index contributed by atoms with van der Waals surface area (Å²) in [5.41, 5.74) is 8.46. The molecular formula is C33H41N7O3. The lowest BCUT2D eigenvalue weighted by Crippen LogP contribution is -2.54. The zero-order chi connectivity index (χ0) is 29.9. The largest absolute Gasteiger partial charge is 0.489 e. The summed E-state index contributed by atoms with van der Waals surface area (Å²) in [7, 11) is 2.11. The Kier molecular flexibility index (Phi) is 8.47. The van der Waals surface area contributed by atoms with Gasteiger partial charge in [0, 0.05) is 36.4 Å². The van der Waals surface area contributed by atoms with E-state index in [0.29, 0.717) is 23.1 Å². The zero-order valence-electron chi connectivity index (χ0n) is 25.0. The Hall–Kier alpha value is -4.18. The van der Waals surface area contributed by atoms with Gasteiger partial charge in [-0.05, 0) is 107 Å². The van der Waals surface area contributed by atoms with Gasteiger partial charge in [0.1, 0.15) is 17.7 Å². The quantitative estimate of drug-likeness (QED) is 0.337. The maximum atomic E-state index is 13.1. The summed E-state index contributed by atoms with van der Waals surface area (Å²) < 4.78 is 6.18. The number of piperidine rings is 2. The van der Waals surface area contributed by atoms with Crippen LogP contribution in [0.5, 0.6) is 5.75 Å². The number of primary amides is 1. The van der Waals surface area contributed by atoms with Crippen LogP contribution in [0.4, 0.5) is 17.3 Å². The predicted octanol–water partition coefficient (Wildman–Crippen LogP) is 4.46. The number of likely N-dealkylation sites (tertiary alicyclic amines) is 1. The van der Waals surface area contributed by atoms with Crippen molar-refractivity contribution in [1.29, 1.82) is 0 Å². The number of carbonyl (C=O) groups excluding carboxylic acids is 2. The van der Waals surface area contributed by atoms with Crippen molar-refractivity contribution < 1.29 is 14.3 Å². The molecule has 3 fully saturated rings. The Labute approximate surface area is 253 Å². The van der Waals surface area contributed by atoms with E-state index in [4.69, 9.17) is 15.5 Å². The number of likely N-dealkylation sites (N-methyl/N-ethyl adjacent to an activating group) is 1. The number of nitrogens with zero attached hydrogens (tertiary/aromatic N) is 4. The van der Waals surface area contributed by atoms with Gasteiger partial charge in [0.2, 0.25) is 0 Å². The lowest BCUT2D eigenvalue weighted by atomic mass is 9.97. The number of carbonyl (C=O) groups is 2. The third kappa shape index (κ3) is 6.91. The molecular weight excluding hydrogens is 542 g/mol. The maximum Gasteiger partial charge on any atom is 0.271 e. The molecule has 10 nitrogen and oxygen atoms in total. The molecule has 4 N–H and O–H groups in total. The standard InChI is InChI=1S/C33H41N7O3/c1-21-28(37-33(42)24-11-9-23(10-12-24)22-7-8-22)6-4-18-40(21)29-19-35-30(31(34)41)32(38-29)36-25-13-15-26(16-14-25)43-27-5-3-17-39(2)20-27/h9-16,19,21-22,27-28H,3-8,17-18,20H2,1-2H3,(H2,34,41)(H,36,38)(H,37,42)/t21-,27?,28-/m1/s1. The minimum atomic E-state index is -0.660. The summed E-state index contributed by atoms with van der Waals surface area (Å²) in [6.45, 7) is 4.86. The molecule has 3 atom stereocenters. The van der Waals surface area contributed by atoms with Gasteiger partial charge in [0.05, 0.1) is 6.20 Å². The van der Waals surface area contributed by atoms with Crippen molar-refractivity contribution in [3.05, 3.63) is 71.5 Å². The molecule has 3 aromatic rings. The average molecular weight is 584 g/mol. The fraction of sp³-hybridized carbons (Fsp3) is 0.455. The number of rotatable bonds is 9. The van der Waals surface area contributed by atoms with Gasteiger partial charge >= 0.3 is 0 Å². The highest BCUT2D eigenvalue weighted by molar-refractivity contribution is 5.96. The molecule has 2 aliphatic heterocycles. The van der Waals surface area contributed by atoms with E-state index in [9.17, 15) is 9.59 Å². The van der Waals surface area contributed by atoms with Gasteiger partial charge in [-0.3, -0.25) is 9.59 Å². The first-order chi connectivity index (χ1) is 20.8. The molecule has 6 rings (SSSR count). The van der Waals surface area contributed by atoms with Crippen LogP contribution < -0.4 is 26.0 Å². The van der Waals surface area contributed by atoms with E-state index in [-0.39, 0.29) is 29.8 Å². The number of benzene rings is 2. The highest BCUT2D eigenvalue weighted by atomic mass is 16.5. The maximum absolute atomic E-state index is 13.1. The van der Waals surface area contributed by atoms with Crippen LogP contribution in [-0.4, -0.2) is 71.6 Å². The van der Waals surface area contributed by atoms with Gasteiger partial charge in [0.25, 0.3) is 11.8 Å². The molecule has 0 radical (unpaired) electrons. The normalized spacial score (nSPS) is 22.6. The van der Waals surface area contributed by atoms with Crippen LogP contribution in [0.1, 0.15) is 77.8 Å². The van der Waals surface area contributed by atoms with Crippen LogP contribution in [0.15, 0.2) is 54.7 Å². The van der Waals surface area contributed by atoms with Gasteiger partial charge in [-0.1, -0.05) is 12.1 Å². The van der Waals surface area contributed by atoms with Gasteiger partial charge in [-0.2, -0.15) is 0 Å². The third-order valence-corrected chi connectivity index (χ3v) is 8.81. The lowest BCUT2D eigenvalue weighted by Gasteiger charge is -2.40. The monoisotopic (exact) mass is 583 g/mol. The van der Waals surface area contributed by atoms with E-state index in [1.807, 2.05) is 36.4 Å². The Balaban J connectivity index is 1.13. The molecule has 1 aliphatic carbocycles. The topological polar surface area (TPSA) is 126 Å². The number of hydrogen-bond donors (Lipinski definition) is 3. The Bertz CT molecular complexity index is 1440. The highest BCUT2D eigenvalue weighted by Crippen LogP contribution is 2.40. The van der Waals surface area contributed by atoms with Crippen molar-refractivity contribution in [2.75, 3.05) is 36.9 Å². The average Bonchev–Trinajstić information content (AvgIpc) is 3.85. The first-order valence-electron chi connectivity index (χ1n) is 15.4. The number of hydrogen-bond acceptors (Lipinski definition) is 8. The Morgan fingerprint density at radius 1 is 0.977 bits per heavy atom. The van der Waals surface area contributed by atoms with Crippen LogP contribution in [0.2, 0.25) is 0 Å². The second kappa shape index (κ2) is 12.6. The van der Waals surface area contributed by atoms with Gasteiger partial charge < -0.3 is 30.9 Å². The highest BCUT2D eigenvalue weighted by Gasteiger charge is 2.31. The SMILES string of the molecule is C[C@@H]1[C@H](NC(=O)c2ccc(C3CC3)cc2)CCCN1c1cnc(C(N)=O)c(Nc2ccc(OC3CCCN(C)C3)cc2)n1. The van der Waals surface area contributed by atoms with Crippen LogP contribution in [0.25, 0.3) is 0 Å². The van der Waals surface area contributed by atoms with Crippen LogP contribution >= 0.6 is 0 Å². The smallest absolute Gasteiger partial charge is 0.271 e. The molecule has 43 heavy (non-hydrogen) atoms. The number of ether oxygens (including phenoxy) is 1. The van der Waals surface area contributed by atoms with Gasteiger partial charge in [0.15, 0.2) is 11.5 Å². The molecule has 1 saturated carbocycles. The Morgan fingerprint density at radius 2 is 1.72 bits per heavy atom. The molecule has 2 saturated heterocycles. The number of anilines is 3. The summed E-state index contributed by atoms with van der Waals surface area (Å²) in [6.07, 6.45) is 8.16. The van der Waals surface area contributed by atoms with E-state index in [2.05, 4.69) is 51.5 Å².